The third-order valence-electron chi connectivity index (χ3n) is 12.4. The van der Waals surface area contributed by atoms with Gasteiger partial charge in [-0.25, -0.2) is 9.97 Å². The molecule has 5 heterocycles. The third kappa shape index (κ3) is 9.27. The van der Waals surface area contributed by atoms with Crippen molar-refractivity contribution in [2.75, 3.05) is 85.3 Å². The van der Waals surface area contributed by atoms with Gasteiger partial charge in [0.05, 0.1) is 108 Å². The molecular weight excluding hydrogens is 988 g/mol. The maximum atomic E-state index is 8.19. The zero-order valence-corrected chi connectivity index (χ0v) is 44.2. The van der Waals surface area contributed by atoms with E-state index in [-0.39, 0.29) is 0 Å². The molecule has 0 saturated heterocycles. The average Bonchev–Trinajstić information content (AvgIpc) is 4.31. The topological polar surface area (TPSA) is 182 Å². The Bertz CT molecular complexity index is 2960. The van der Waals surface area contributed by atoms with Crippen LogP contribution in [0, 0.1) is 0 Å². The summed E-state index contributed by atoms with van der Waals surface area (Å²) < 4.78 is 78.3. The third-order valence-corrected chi connectivity index (χ3v) is 12.4. The van der Waals surface area contributed by atoms with Crippen LogP contribution in [0.1, 0.15) is 22.8 Å². The molecule has 0 amide bonds. The Labute approximate surface area is 436 Å². The number of hydrogen-bond donors (Lipinski definition) is 0. The van der Waals surface area contributed by atoms with Crippen LogP contribution in [0.2, 0.25) is 0 Å². The quantitative estimate of drug-likeness (QED) is 0.0890. The monoisotopic (exact) mass is 1040 g/mol. The van der Waals surface area contributed by atoms with Gasteiger partial charge in [0.2, 0.25) is 23.0 Å². The minimum absolute atomic E-state index is 0.430. The van der Waals surface area contributed by atoms with E-state index in [0.29, 0.717) is 158 Å². The van der Waals surface area contributed by atoms with Crippen LogP contribution in [0.5, 0.6) is 69.0 Å². The molecule has 0 saturated carbocycles. The van der Waals surface area contributed by atoms with Gasteiger partial charge in [0.15, 0.2) is 46.0 Å². The van der Waals surface area contributed by atoms with Crippen molar-refractivity contribution in [1.82, 2.24) is 19.9 Å². The van der Waals surface area contributed by atoms with Gasteiger partial charge in [0.25, 0.3) is 0 Å². The molecule has 0 spiro atoms. The van der Waals surface area contributed by atoms with E-state index in [9.17, 15) is 0 Å². The first-order valence-electron chi connectivity index (χ1n) is 22.6. The molecule has 0 fully saturated rings. The number of methoxy groups -OCH3 is 12. The van der Waals surface area contributed by atoms with Crippen molar-refractivity contribution in [3.63, 3.8) is 0 Å². The molecule has 2 aliphatic heterocycles. The van der Waals surface area contributed by atoms with Crippen LogP contribution in [0.15, 0.2) is 72.8 Å². The molecule has 0 aliphatic carbocycles. The first-order valence-corrected chi connectivity index (χ1v) is 23.2. The molecule has 379 valence electrons. The summed E-state index contributed by atoms with van der Waals surface area (Å²) in [5, 5.41) is 0. The van der Waals surface area contributed by atoms with Crippen LogP contribution >= 0.6 is 0 Å². The Balaban J connectivity index is 0.00000360. The van der Waals surface area contributed by atoms with Crippen LogP contribution in [0.3, 0.4) is 0 Å². The molecule has 17 nitrogen and oxygen atoms in total. The molecule has 18 heteroatoms. The zero-order chi connectivity index (χ0) is 52.8. The van der Waals surface area contributed by atoms with Gasteiger partial charge in [-0.05, 0) is 117 Å². The number of aromatic nitrogens is 4. The Morgan fingerprint density at radius 2 is 0.473 bits per heavy atom. The molecule has 9 rings (SSSR count). The van der Waals surface area contributed by atoms with Crippen LogP contribution < -0.4 is 66.8 Å². The molecule has 8 bridgehead atoms. The number of fused-ring (bicyclic) bond motifs is 8. The van der Waals surface area contributed by atoms with E-state index >= 15 is 0 Å². The van der Waals surface area contributed by atoms with Crippen molar-refractivity contribution in [3.8, 4) is 114 Å². The van der Waals surface area contributed by atoms with Crippen LogP contribution in [-0.2, 0) is 21.0 Å². The molecule has 0 unspecified atom stereocenters. The Kier molecular flexibility index (Phi) is 15.7. The van der Waals surface area contributed by atoms with Crippen LogP contribution in [0.25, 0.3) is 90.9 Å². The molecule has 7 aromatic rings. The van der Waals surface area contributed by atoms with Gasteiger partial charge in [0, 0.05) is 0 Å². The number of benzene rings is 4. The predicted octanol–water partition coefficient (Wildman–Crippen LogP) is 10.6. The maximum absolute atomic E-state index is 8.19. The Morgan fingerprint density at radius 1 is 0.297 bits per heavy atom. The average molecular weight is 1040 g/mol. The normalized spacial score (nSPS) is 11.3. The van der Waals surface area contributed by atoms with Gasteiger partial charge in [-0.15, -0.1) is 22.1 Å². The second kappa shape index (κ2) is 22.5. The van der Waals surface area contributed by atoms with Gasteiger partial charge in [-0.2, -0.15) is 0 Å². The molecule has 3 aromatic heterocycles. The molecule has 74 heavy (non-hydrogen) atoms. The number of ether oxygens (including phenoxy) is 12. The Hall–Kier alpha value is -8.54. The first-order chi connectivity index (χ1) is 36.1. The SMILES string of the molecule is COc1cc(-c2c3nc(c(-c4cc(OC)c(OC)c(OC)c4)c4ccc([n-]4)c(-c4cc(OC)c(OC)c(OC)c4)c4nc(c(-c5cc(OC)c(OC)c(OC)c5)c5ccc2[n-]5)C=C4)C=C3)cc(OC)c1OC.[O]=[V+2]. The summed E-state index contributed by atoms with van der Waals surface area (Å²) >= 11 is 1.06. The van der Waals surface area contributed by atoms with Crippen LogP contribution in [-0.4, -0.2) is 95.3 Å². The van der Waals surface area contributed by atoms with Crippen molar-refractivity contribution < 1.29 is 77.9 Å². The minimum atomic E-state index is 0.430. The molecular formula is C56H52N4O13V. The fourth-order valence-corrected chi connectivity index (χ4v) is 9.17. The van der Waals surface area contributed by atoms with E-state index in [1.807, 2.05) is 97.1 Å². The van der Waals surface area contributed by atoms with E-state index in [1.165, 1.54) is 0 Å². The summed E-state index contributed by atoms with van der Waals surface area (Å²) in [4.78, 5) is 21.7. The first kappa shape index (κ1) is 51.8. The second-order valence-electron chi connectivity index (χ2n) is 16.0. The van der Waals surface area contributed by atoms with Gasteiger partial charge in [0.1, 0.15) is 0 Å². The van der Waals surface area contributed by atoms with E-state index in [4.69, 9.17) is 80.5 Å². The van der Waals surface area contributed by atoms with Crippen molar-refractivity contribution in [2.24, 2.45) is 0 Å². The fourth-order valence-electron chi connectivity index (χ4n) is 9.17. The molecule has 4 aromatic carbocycles. The standard InChI is InChI=1S/C56H52N4O12.O.V/c1-61-41-21-29(22-42(62-2)53(41)69-9)49-33-13-15-35(57-33)50(30-23-43(63-3)54(70-10)44(24-30)64-4)37-17-19-39(59-37)52(32-27-47(67-7)56(72-12)48(28-32)68-8)40-20-18-38(60-40)51(36-16-14-34(49)58-36)31-25-45(65-5)55(71-11)46(26-31)66-6;;/h13-28H,1-12H3;;/q-2;;+2. The van der Waals surface area contributed by atoms with Crippen molar-refractivity contribution in [3.05, 3.63) is 95.6 Å². The summed E-state index contributed by atoms with van der Waals surface area (Å²) in [5.41, 5.74) is 10.1. The van der Waals surface area contributed by atoms with E-state index < -0.39 is 0 Å². The summed E-state index contributed by atoms with van der Waals surface area (Å²) in [5.74, 6) is 5.28. The van der Waals surface area contributed by atoms with E-state index in [1.54, 1.807) is 85.3 Å². The van der Waals surface area contributed by atoms with E-state index in [2.05, 4.69) is 0 Å². The summed E-state index contributed by atoms with van der Waals surface area (Å²) in [6.45, 7) is 0. The summed E-state index contributed by atoms with van der Waals surface area (Å²) in [6.07, 6.45) is 7.79. The van der Waals surface area contributed by atoms with Crippen LogP contribution in [0.4, 0.5) is 0 Å². The molecule has 0 N–H and O–H groups in total. The van der Waals surface area contributed by atoms with Gasteiger partial charge < -0.3 is 66.8 Å². The zero-order valence-electron chi connectivity index (χ0n) is 42.8. The predicted molar refractivity (Wildman–Crippen MR) is 278 cm³/mol. The van der Waals surface area contributed by atoms with Crippen molar-refractivity contribution in [1.29, 1.82) is 0 Å². The molecule has 0 atom stereocenters. The number of rotatable bonds is 16. The summed E-state index contributed by atoms with van der Waals surface area (Å²) in [7, 11) is 18.9. The fraction of sp³-hybridized carbons (Fsp3) is 0.214. The van der Waals surface area contributed by atoms with Gasteiger partial charge in [-0.3, -0.25) is 0 Å². The van der Waals surface area contributed by atoms with Gasteiger partial charge >= 0.3 is 21.0 Å². The van der Waals surface area contributed by atoms with Crippen molar-refractivity contribution in [2.45, 2.75) is 0 Å². The number of hydrogen-bond acceptors (Lipinski definition) is 15. The Morgan fingerprint density at radius 3 is 0.622 bits per heavy atom. The summed E-state index contributed by atoms with van der Waals surface area (Å²) in [6, 6.07) is 22.8. The number of nitrogens with zero attached hydrogens (tertiary/aromatic N) is 4. The molecule has 0 radical (unpaired) electrons. The van der Waals surface area contributed by atoms with E-state index in [0.717, 1.165) is 17.4 Å². The van der Waals surface area contributed by atoms with Gasteiger partial charge in [-0.1, -0.05) is 24.3 Å². The molecule has 2 aliphatic rings. The second-order valence-corrected chi connectivity index (χ2v) is 16.0. The van der Waals surface area contributed by atoms with Crippen molar-refractivity contribution >= 4 is 46.4 Å².